The molecular weight excluding hydrogens is 1110 g/mol. The summed E-state index contributed by atoms with van der Waals surface area (Å²) in [6, 6.07) is 0. The molecule has 1 amide bonds. The molecule has 88 heavy (non-hydrogen) atoms. The first-order valence-electron chi connectivity index (χ1n) is 31.7. The van der Waals surface area contributed by atoms with Crippen LogP contribution in [-0.4, -0.2) is 129 Å². The highest BCUT2D eigenvalue weighted by Crippen LogP contribution is 2.35. The number of hydrogen-bond donors (Lipinski definition) is 9. The monoisotopic (exact) mass is 1250 g/mol. The van der Waals surface area contributed by atoms with Crippen LogP contribution >= 0.6 is 0 Å². The fraction of sp³-hybridized carbons (Fsp3) is 0.803. The van der Waals surface area contributed by atoms with Crippen LogP contribution in [0.2, 0.25) is 0 Å². The summed E-state index contributed by atoms with van der Waals surface area (Å²) in [5.74, 6) is 0.262. The summed E-state index contributed by atoms with van der Waals surface area (Å²) in [6.07, 6.45) is 22.1. The summed E-state index contributed by atoms with van der Waals surface area (Å²) in [6.45, 7) is 38.8. The number of aliphatic hydroxyl groups is 2. The Kier molecular flexibility index (Phi) is 61.2. The van der Waals surface area contributed by atoms with Gasteiger partial charge in [0.25, 0.3) is 0 Å². The summed E-state index contributed by atoms with van der Waals surface area (Å²) >= 11 is 0. The molecule has 9 N–H and O–H groups in total. The standard InChI is InChI=1S/C12H23NO2.C12H21NO2.C12H23NO.C12H21NO.C11H22N2O2.C9H17NO2.3CH4/c2*1-9(6-4-5-7-10(2)13)11(14)12(3)8-15-12;2*1-9(2)12(14)10(3)7-5-6-8-11(4)13;1-9(11(14)13(3)15-4)7-5-6-8-10(2)12;1-7(9(11)12)5-3-4-6-8(2)10;;;/h9,11,13-14H,4-8H2,1-3H3;9,13H,4-8H2,1-3H3;10,12-14H,1,5-8H2,2-4H3;10,13H,1,5-8H2,2-4H3;9,12H,5-8H2,1-4H3;7,10H,3-6H2,1-2H3,(H,11,12);3*1H4/t9-,11-,12+;9-,12+;10-,12+;10-;9-;7-;;;/m000000.../s1. The zero-order chi connectivity index (χ0) is 66.6. The van der Waals surface area contributed by atoms with E-state index in [2.05, 4.69) is 27.0 Å². The minimum Gasteiger partial charge on any atom is -0.481 e. The number of carboxylic acid groups (broad SMARTS) is 1. The molecule has 0 aromatic heterocycles. The van der Waals surface area contributed by atoms with Gasteiger partial charge < -0.3 is 57.2 Å². The number of Topliss-reactive ketones (excluding diaryl/α,β-unsaturated/α-hetero) is 2. The van der Waals surface area contributed by atoms with Gasteiger partial charge >= 0.3 is 5.97 Å². The molecule has 518 valence electrons. The Hall–Kier alpha value is -4.42. The van der Waals surface area contributed by atoms with E-state index >= 15 is 0 Å². The third kappa shape index (κ3) is 55.6. The highest BCUT2D eigenvalue weighted by Gasteiger charge is 2.49. The van der Waals surface area contributed by atoms with E-state index in [0.29, 0.717) is 42.0 Å². The number of nitrogens with zero attached hydrogens (tertiary/aromatic N) is 1. The number of aliphatic hydroxyl groups excluding tert-OH is 2. The van der Waals surface area contributed by atoms with Crippen LogP contribution in [0.1, 0.15) is 287 Å². The number of allylic oxidation sites excluding steroid dienone is 1. The molecule has 0 aromatic rings. The lowest BCUT2D eigenvalue weighted by Gasteiger charge is -2.22. The predicted octanol–water partition coefficient (Wildman–Crippen LogP) is 17.9. The molecule has 2 saturated heterocycles. The highest BCUT2D eigenvalue weighted by molar-refractivity contribution is 5.95. The number of ketones is 2. The minimum absolute atomic E-state index is 0. The molecule has 2 heterocycles. The Bertz CT molecular complexity index is 2020. The van der Waals surface area contributed by atoms with Gasteiger partial charge in [-0.15, -0.1) is 0 Å². The van der Waals surface area contributed by atoms with E-state index in [1.807, 2.05) is 76.2 Å². The second kappa shape index (κ2) is 55.4. The maximum atomic E-state index is 11.8. The molecule has 0 radical (unpaired) electrons. The number of unbranched alkanes of at least 4 members (excludes halogenated alkanes) is 6. The molecule has 17 heteroatoms. The van der Waals surface area contributed by atoms with Crippen molar-refractivity contribution in [3.8, 4) is 0 Å². The zero-order valence-corrected chi connectivity index (χ0v) is 57.1. The lowest BCUT2D eigenvalue weighted by Crippen LogP contribution is -2.32. The largest absolute Gasteiger partial charge is 0.481 e. The van der Waals surface area contributed by atoms with Gasteiger partial charge in [0.05, 0.1) is 38.4 Å². The summed E-state index contributed by atoms with van der Waals surface area (Å²) in [4.78, 5) is 50.0. The van der Waals surface area contributed by atoms with Crippen LogP contribution in [0.5, 0.6) is 0 Å². The summed E-state index contributed by atoms with van der Waals surface area (Å²) in [5, 5.41) is 73.0. The Morgan fingerprint density at radius 2 is 0.795 bits per heavy atom. The number of amides is 1. The van der Waals surface area contributed by atoms with E-state index in [1.165, 1.54) is 12.2 Å². The van der Waals surface area contributed by atoms with Crippen molar-refractivity contribution in [1.29, 1.82) is 32.5 Å². The molecule has 17 nitrogen and oxygen atoms in total. The fourth-order valence-electron chi connectivity index (χ4n) is 8.87. The van der Waals surface area contributed by atoms with Crippen molar-refractivity contribution in [2.75, 3.05) is 27.4 Å². The maximum Gasteiger partial charge on any atom is 0.306 e. The molecule has 0 aromatic carbocycles. The molecule has 2 fully saturated rings. The number of carbonyl (C=O) groups is 4. The van der Waals surface area contributed by atoms with E-state index in [4.69, 9.17) is 51.9 Å². The lowest BCUT2D eigenvalue weighted by atomic mass is 9.89. The number of epoxide rings is 2. The van der Waals surface area contributed by atoms with E-state index < -0.39 is 11.6 Å². The zero-order valence-electron chi connectivity index (χ0n) is 57.1. The topological polar surface area (TPSA) is 310 Å². The van der Waals surface area contributed by atoms with Crippen molar-refractivity contribution in [2.45, 2.75) is 311 Å². The number of aliphatic carboxylic acids is 1. The third-order valence-electron chi connectivity index (χ3n) is 15.3. The van der Waals surface area contributed by atoms with Crippen LogP contribution in [0.15, 0.2) is 24.3 Å². The molecular formula is C71H139N7O10. The normalized spacial score (nSPS) is 17.4. The molecule has 2 rings (SSSR count). The molecule has 0 saturated carbocycles. The molecule has 10 atom stereocenters. The minimum atomic E-state index is -0.721. The van der Waals surface area contributed by atoms with Crippen molar-refractivity contribution in [1.82, 2.24) is 5.06 Å². The maximum absolute atomic E-state index is 11.8. The second-order valence-electron chi connectivity index (χ2n) is 25.4. The Labute approximate surface area is 539 Å². The van der Waals surface area contributed by atoms with Gasteiger partial charge in [-0.1, -0.05) is 121 Å². The van der Waals surface area contributed by atoms with Gasteiger partial charge in [0, 0.05) is 59.1 Å². The average Bonchev–Trinajstić information content (AvgIpc) is 4.56. The number of ether oxygens (including phenoxy) is 2. The Morgan fingerprint density at radius 3 is 1.07 bits per heavy atom. The first-order chi connectivity index (χ1) is 39.3. The molecule has 0 bridgehead atoms. The van der Waals surface area contributed by atoms with Gasteiger partial charge in [0.1, 0.15) is 11.2 Å². The highest BCUT2D eigenvalue weighted by atomic mass is 16.7. The third-order valence-corrected chi connectivity index (χ3v) is 15.3. The van der Waals surface area contributed by atoms with Crippen molar-refractivity contribution in [2.24, 2.45) is 35.5 Å². The average molecular weight is 1250 g/mol. The number of rotatable bonds is 41. The quantitative estimate of drug-likeness (QED) is 0.00696. The molecule has 0 aliphatic carbocycles. The molecule has 0 spiro atoms. The lowest BCUT2D eigenvalue weighted by molar-refractivity contribution is -0.173. The van der Waals surface area contributed by atoms with Crippen molar-refractivity contribution in [3.05, 3.63) is 24.3 Å². The predicted molar refractivity (Wildman–Crippen MR) is 374 cm³/mol. The van der Waals surface area contributed by atoms with Gasteiger partial charge in [0.2, 0.25) is 5.91 Å². The van der Waals surface area contributed by atoms with Crippen LogP contribution in [-0.2, 0) is 33.5 Å². The summed E-state index contributed by atoms with van der Waals surface area (Å²) < 4.78 is 10.4. The van der Waals surface area contributed by atoms with E-state index in [-0.39, 0.29) is 81.2 Å². The number of carboxylic acids is 1. The number of nitrogens with one attached hydrogen (secondary N) is 6. The van der Waals surface area contributed by atoms with E-state index in [0.717, 1.165) is 183 Å². The van der Waals surface area contributed by atoms with Gasteiger partial charge in [-0.2, -0.15) is 0 Å². The molecule has 0 unspecified atom stereocenters. The van der Waals surface area contributed by atoms with Crippen LogP contribution < -0.4 is 0 Å². The van der Waals surface area contributed by atoms with Crippen molar-refractivity contribution in [3.63, 3.8) is 0 Å². The van der Waals surface area contributed by atoms with Crippen LogP contribution in [0.25, 0.3) is 0 Å². The summed E-state index contributed by atoms with van der Waals surface area (Å²) in [7, 11) is 3.11. The van der Waals surface area contributed by atoms with Crippen LogP contribution in [0.3, 0.4) is 0 Å². The van der Waals surface area contributed by atoms with E-state index in [9.17, 15) is 29.4 Å². The molecule has 2 aliphatic rings. The summed E-state index contributed by atoms with van der Waals surface area (Å²) in [5.41, 5.74) is 5.12. The van der Waals surface area contributed by atoms with Gasteiger partial charge in [0.15, 0.2) is 11.6 Å². The first-order valence-corrected chi connectivity index (χ1v) is 31.7. The fourth-order valence-corrected chi connectivity index (χ4v) is 8.87. The number of carbonyl (C=O) groups excluding carboxylic acids is 3. The number of hydrogen-bond acceptors (Lipinski definition) is 15. The molecule has 2 aliphatic heterocycles. The second-order valence-corrected chi connectivity index (χ2v) is 25.4. The van der Waals surface area contributed by atoms with E-state index in [1.54, 1.807) is 27.8 Å². The Morgan fingerprint density at radius 1 is 0.500 bits per heavy atom. The smallest absolute Gasteiger partial charge is 0.306 e. The van der Waals surface area contributed by atoms with Gasteiger partial charge in [-0.25, -0.2) is 5.06 Å². The van der Waals surface area contributed by atoms with Gasteiger partial charge in [-0.3, -0.25) is 24.0 Å². The SMILES string of the molecule is C.C.C.C=C(C)C(=O)[C@@H](C)CCCCC(C)=N.C=C(C)[C@@H](O)[C@@H](C)CCCCC(C)=N.CC(=N)CCCC[C@H](C)C(=O)O.CC(=N)CCCC[C@H](C)C(=O)[C@@]1(C)CO1.CC(=N)CCCC[C@H](C)[C@H](O)[C@@]1(C)CO1.CON(C)C(=O)[C@@H](C)CCCCC(C)=N. The van der Waals surface area contributed by atoms with Crippen molar-refractivity contribution >= 4 is 57.7 Å². The Balaban J connectivity index is -0.000000178. The number of hydroxylamine groups is 2. The van der Waals surface area contributed by atoms with Crippen molar-refractivity contribution < 1.29 is 48.8 Å². The first kappa shape index (κ1) is 97.2. The van der Waals surface area contributed by atoms with Crippen LogP contribution in [0, 0.1) is 68.0 Å². The van der Waals surface area contributed by atoms with Crippen LogP contribution in [0.4, 0.5) is 0 Å². The van der Waals surface area contributed by atoms with Gasteiger partial charge in [-0.05, 0) is 202 Å².